The number of carbonyl (C=O) groups is 3. The third kappa shape index (κ3) is 52.4. The molecule has 0 aliphatic rings. The van der Waals surface area contributed by atoms with Gasteiger partial charge in [-0.1, -0.05) is 199 Å². The molecular weight excluding hydrogens is 829 g/mol. The van der Waals surface area contributed by atoms with Crippen molar-refractivity contribution < 1.29 is 28.6 Å². The van der Waals surface area contributed by atoms with E-state index in [1.807, 2.05) is 0 Å². The summed E-state index contributed by atoms with van der Waals surface area (Å²) in [6.45, 7) is 6.29. The van der Waals surface area contributed by atoms with Crippen molar-refractivity contribution in [3.05, 3.63) is 134 Å². The van der Waals surface area contributed by atoms with Gasteiger partial charge < -0.3 is 14.2 Å². The molecule has 0 bridgehead atoms. The summed E-state index contributed by atoms with van der Waals surface area (Å²) in [6, 6.07) is 0. The molecule has 0 aliphatic heterocycles. The third-order valence-electron chi connectivity index (χ3n) is 10.6. The van der Waals surface area contributed by atoms with Crippen LogP contribution in [0.15, 0.2) is 134 Å². The predicted octanol–water partition coefficient (Wildman–Crippen LogP) is 17.9. The molecule has 0 aromatic carbocycles. The average molecular weight is 925 g/mol. The van der Waals surface area contributed by atoms with E-state index in [9.17, 15) is 14.4 Å². The van der Waals surface area contributed by atoms with E-state index >= 15 is 0 Å². The number of ether oxygens (including phenoxy) is 3. The number of allylic oxidation sites excluding steroid dienone is 22. The van der Waals surface area contributed by atoms with Gasteiger partial charge in [0.05, 0.1) is 0 Å². The number of hydrogen-bond donors (Lipinski definition) is 0. The molecule has 1 atom stereocenters. The van der Waals surface area contributed by atoms with Crippen LogP contribution in [0.4, 0.5) is 0 Å². The molecule has 376 valence electrons. The Morgan fingerprint density at radius 1 is 0.313 bits per heavy atom. The number of rotatable bonds is 46. The zero-order chi connectivity index (χ0) is 48.6. The van der Waals surface area contributed by atoms with Gasteiger partial charge in [-0.25, -0.2) is 0 Å². The summed E-state index contributed by atoms with van der Waals surface area (Å²) in [5, 5.41) is 0. The topological polar surface area (TPSA) is 78.9 Å². The number of unbranched alkanes of at least 4 members (excludes halogenated alkanes) is 13. The highest BCUT2D eigenvalue weighted by Crippen LogP contribution is 2.12. The fourth-order valence-corrected chi connectivity index (χ4v) is 6.67. The Hall–Kier alpha value is -4.45. The molecule has 0 unspecified atom stereocenters. The third-order valence-corrected chi connectivity index (χ3v) is 10.6. The Labute approximate surface area is 411 Å². The van der Waals surface area contributed by atoms with Crippen LogP contribution in [0.2, 0.25) is 0 Å². The molecule has 0 amide bonds. The van der Waals surface area contributed by atoms with Gasteiger partial charge in [0.2, 0.25) is 0 Å². The summed E-state index contributed by atoms with van der Waals surface area (Å²) < 4.78 is 16.7. The first-order chi connectivity index (χ1) is 33.0. The second-order valence-electron chi connectivity index (χ2n) is 17.0. The molecule has 6 heteroatoms. The highest BCUT2D eigenvalue weighted by atomic mass is 16.6. The first-order valence-corrected chi connectivity index (χ1v) is 26.7. The highest BCUT2D eigenvalue weighted by molar-refractivity contribution is 5.71. The van der Waals surface area contributed by atoms with E-state index in [4.69, 9.17) is 14.2 Å². The van der Waals surface area contributed by atoms with Crippen molar-refractivity contribution in [3.63, 3.8) is 0 Å². The van der Waals surface area contributed by atoms with Gasteiger partial charge in [0.25, 0.3) is 0 Å². The molecule has 0 rings (SSSR count). The molecule has 0 fully saturated rings. The van der Waals surface area contributed by atoms with E-state index in [0.29, 0.717) is 19.3 Å². The van der Waals surface area contributed by atoms with Crippen molar-refractivity contribution in [2.45, 2.75) is 219 Å². The van der Waals surface area contributed by atoms with Crippen LogP contribution in [-0.2, 0) is 28.6 Å². The lowest BCUT2D eigenvalue weighted by Gasteiger charge is -2.18. The molecule has 6 nitrogen and oxygen atoms in total. The average Bonchev–Trinajstić information content (AvgIpc) is 3.33. The van der Waals surface area contributed by atoms with E-state index in [-0.39, 0.29) is 44.0 Å². The largest absolute Gasteiger partial charge is 0.462 e. The van der Waals surface area contributed by atoms with Gasteiger partial charge in [0.15, 0.2) is 6.10 Å². The number of esters is 3. The molecule has 0 N–H and O–H groups in total. The monoisotopic (exact) mass is 925 g/mol. The summed E-state index contributed by atoms with van der Waals surface area (Å²) in [5.41, 5.74) is 0. The molecule has 0 aromatic heterocycles. The van der Waals surface area contributed by atoms with Gasteiger partial charge in [-0.2, -0.15) is 0 Å². The lowest BCUT2D eigenvalue weighted by Crippen LogP contribution is -2.30. The number of hydrogen-bond acceptors (Lipinski definition) is 6. The van der Waals surface area contributed by atoms with Crippen molar-refractivity contribution in [1.29, 1.82) is 0 Å². The molecule has 0 saturated carbocycles. The van der Waals surface area contributed by atoms with Gasteiger partial charge in [-0.15, -0.1) is 0 Å². The molecule has 0 saturated heterocycles. The first-order valence-electron chi connectivity index (χ1n) is 26.7. The standard InChI is InChI=1S/C61H96O6/c1-4-7-10-13-16-19-22-25-27-29-30-32-34-37-40-43-46-49-52-55-61(64)67-58(56-65-59(62)53-50-47-44-41-38-35-24-21-18-15-12-9-6-3)57-66-60(63)54-51-48-45-42-39-36-33-31-28-26-23-20-17-14-11-8-5-2/h7-8,10-11,16-17,19-21,24-28,30,32-33,36-37,40,42,45,58H,4-6,9,12-15,18,22-23,29,31,34-35,38-39,41,43-44,46-57H2,1-3H3/b10-7-,11-8-,19-16-,20-17-,24-21-,27-25-,28-26-,32-30-,36-33-,40-37-,45-42-/t58-/m0/s1. The van der Waals surface area contributed by atoms with Crippen molar-refractivity contribution in [2.75, 3.05) is 13.2 Å². The van der Waals surface area contributed by atoms with Crippen molar-refractivity contribution in [2.24, 2.45) is 0 Å². The molecule has 0 aliphatic carbocycles. The van der Waals surface area contributed by atoms with Crippen LogP contribution in [0, 0.1) is 0 Å². The Morgan fingerprint density at radius 3 is 1.00 bits per heavy atom. The molecule has 0 aromatic rings. The molecule has 0 heterocycles. The van der Waals surface area contributed by atoms with Crippen LogP contribution in [0.5, 0.6) is 0 Å². The Balaban J connectivity index is 4.58. The lowest BCUT2D eigenvalue weighted by atomic mass is 10.1. The minimum atomic E-state index is -0.827. The summed E-state index contributed by atoms with van der Waals surface area (Å²) in [7, 11) is 0. The minimum absolute atomic E-state index is 0.118. The lowest BCUT2D eigenvalue weighted by molar-refractivity contribution is -0.167. The van der Waals surface area contributed by atoms with Gasteiger partial charge in [0, 0.05) is 19.3 Å². The highest BCUT2D eigenvalue weighted by Gasteiger charge is 2.19. The van der Waals surface area contributed by atoms with E-state index in [2.05, 4.69) is 154 Å². The van der Waals surface area contributed by atoms with Crippen molar-refractivity contribution in [1.82, 2.24) is 0 Å². The molecule has 0 spiro atoms. The Bertz CT molecular complexity index is 1480. The minimum Gasteiger partial charge on any atom is -0.462 e. The normalized spacial score (nSPS) is 13.2. The second kappa shape index (κ2) is 54.2. The van der Waals surface area contributed by atoms with Crippen LogP contribution in [0.3, 0.4) is 0 Å². The van der Waals surface area contributed by atoms with Crippen LogP contribution in [0.25, 0.3) is 0 Å². The van der Waals surface area contributed by atoms with Gasteiger partial charge >= 0.3 is 17.9 Å². The second-order valence-corrected chi connectivity index (χ2v) is 17.0. The van der Waals surface area contributed by atoms with Crippen molar-refractivity contribution >= 4 is 17.9 Å². The predicted molar refractivity (Wildman–Crippen MR) is 288 cm³/mol. The van der Waals surface area contributed by atoms with Gasteiger partial charge in [-0.3, -0.25) is 14.4 Å². The maximum atomic E-state index is 12.8. The Morgan fingerprint density at radius 2 is 0.597 bits per heavy atom. The van der Waals surface area contributed by atoms with Gasteiger partial charge in [-0.05, 0) is 128 Å². The summed E-state index contributed by atoms with van der Waals surface area (Å²) >= 11 is 0. The van der Waals surface area contributed by atoms with Gasteiger partial charge in [0.1, 0.15) is 13.2 Å². The Kier molecular flexibility index (Phi) is 50.6. The maximum Gasteiger partial charge on any atom is 0.306 e. The maximum absolute atomic E-state index is 12.8. The van der Waals surface area contributed by atoms with Crippen LogP contribution in [-0.4, -0.2) is 37.2 Å². The molecule has 67 heavy (non-hydrogen) atoms. The smallest absolute Gasteiger partial charge is 0.306 e. The van der Waals surface area contributed by atoms with E-state index in [0.717, 1.165) is 122 Å². The number of carbonyl (C=O) groups excluding carboxylic acids is 3. The van der Waals surface area contributed by atoms with Crippen LogP contribution < -0.4 is 0 Å². The molecular formula is C61H96O6. The fourth-order valence-electron chi connectivity index (χ4n) is 6.67. The summed E-state index contributed by atoms with van der Waals surface area (Å²) in [5.74, 6) is -1.03. The van der Waals surface area contributed by atoms with Crippen molar-refractivity contribution in [3.8, 4) is 0 Å². The van der Waals surface area contributed by atoms with E-state index < -0.39 is 6.10 Å². The van der Waals surface area contributed by atoms with Crippen LogP contribution in [0.1, 0.15) is 213 Å². The summed E-state index contributed by atoms with van der Waals surface area (Å²) in [6.07, 6.45) is 75.8. The quantitative estimate of drug-likeness (QED) is 0.0262. The van der Waals surface area contributed by atoms with E-state index in [1.54, 1.807) is 0 Å². The zero-order valence-corrected chi connectivity index (χ0v) is 42.9. The zero-order valence-electron chi connectivity index (χ0n) is 42.9. The fraction of sp³-hybridized carbons (Fsp3) is 0.590. The van der Waals surface area contributed by atoms with Crippen LogP contribution >= 0.6 is 0 Å². The SMILES string of the molecule is CC/C=C\C/C=C\C/C=C\C/C=C\C/C=C\CCCCCC(=O)O[C@H](COC(=O)CCC/C=C\C/C=C\C/C=C\C/C=C\C/C=C\CC)COC(=O)CCCCCCC/C=C\CCCCCC. The first kappa shape index (κ1) is 62.5. The summed E-state index contributed by atoms with van der Waals surface area (Å²) in [4.78, 5) is 38.0. The molecule has 0 radical (unpaired) electrons. The van der Waals surface area contributed by atoms with E-state index in [1.165, 1.54) is 38.5 Å².